The summed E-state index contributed by atoms with van der Waals surface area (Å²) < 4.78 is 0. The minimum atomic E-state index is -1.34. The monoisotopic (exact) mass is 202 g/mol. The minimum absolute atomic E-state index is 0.450. The molecule has 0 aromatic rings. The molecule has 0 aliphatic heterocycles. The molecular formula is C5H10N6O3. The van der Waals surface area contributed by atoms with Crippen molar-refractivity contribution in [1.82, 2.24) is 10.4 Å². The van der Waals surface area contributed by atoms with Crippen molar-refractivity contribution in [3.8, 4) is 0 Å². The Balaban J connectivity index is 4.31. The maximum absolute atomic E-state index is 10.8. The number of nitrogens with zero attached hydrogens (tertiary/aromatic N) is 1. The number of amides is 1. The van der Waals surface area contributed by atoms with Gasteiger partial charge in [-0.1, -0.05) is 0 Å². The van der Waals surface area contributed by atoms with Gasteiger partial charge in [0.25, 0.3) is 0 Å². The molecule has 0 aliphatic carbocycles. The molecule has 14 heavy (non-hydrogen) atoms. The summed E-state index contributed by atoms with van der Waals surface area (Å²) in [7, 11) is 0. The van der Waals surface area contributed by atoms with Crippen molar-refractivity contribution in [1.29, 1.82) is 10.8 Å². The summed E-state index contributed by atoms with van der Waals surface area (Å²) in [5.41, 5.74) is 11.7. The highest BCUT2D eigenvalue weighted by molar-refractivity contribution is 5.99. The van der Waals surface area contributed by atoms with E-state index in [2.05, 4.69) is 0 Å². The van der Waals surface area contributed by atoms with E-state index < -0.39 is 30.2 Å². The molecule has 0 atom stereocenters. The van der Waals surface area contributed by atoms with E-state index in [9.17, 15) is 9.59 Å². The number of hydrogen-bond donors (Lipinski definition) is 6. The molecule has 0 saturated heterocycles. The predicted molar refractivity (Wildman–Crippen MR) is 46.1 cm³/mol. The first-order valence-corrected chi connectivity index (χ1v) is 3.34. The number of nitrogens with two attached hydrogens (primary N) is 2. The largest absolute Gasteiger partial charge is 0.481 e. The lowest BCUT2D eigenvalue weighted by Gasteiger charge is -2.19. The van der Waals surface area contributed by atoms with E-state index in [0.717, 1.165) is 0 Å². The zero-order valence-corrected chi connectivity index (χ0v) is 7.07. The zero-order valence-electron chi connectivity index (χ0n) is 7.07. The van der Waals surface area contributed by atoms with E-state index in [4.69, 9.17) is 27.4 Å². The normalized spacial score (nSPS) is 8.86. The highest BCUT2D eigenvalue weighted by Gasteiger charge is 2.15. The predicted octanol–water partition coefficient (Wildman–Crippen LogP) is -2.42. The second kappa shape index (κ2) is 4.64. The van der Waals surface area contributed by atoms with Gasteiger partial charge in [-0.2, -0.15) is 5.01 Å². The van der Waals surface area contributed by atoms with Crippen LogP contribution in [0.2, 0.25) is 0 Å². The first kappa shape index (κ1) is 11.7. The lowest BCUT2D eigenvalue weighted by molar-refractivity contribution is -0.141. The molecule has 0 heterocycles. The van der Waals surface area contributed by atoms with Gasteiger partial charge in [-0.3, -0.25) is 25.8 Å². The molecule has 0 aliphatic rings. The summed E-state index contributed by atoms with van der Waals surface area (Å²) in [6, 6.07) is 0. The number of guanidine groups is 2. The molecule has 9 nitrogen and oxygen atoms in total. The molecule has 0 aromatic carbocycles. The first-order valence-electron chi connectivity index (χ1n) is 3.34. The van der Waals surface area contributed by atoms with Crippen molar-refractivity contribution < 1.29 is 14.7 Å². The Morgan fingerprint density at radius 3 is 2.00 bits per heavy atom. The third-order valence-corrected chi connectivity index (χ3v) is 1.03. The zero-order chi connectivity index (χ0) is 11.3. The maximum Gasteiger partial charge on any atom is 0.312 e. The van der Waals surface area contributed by atoms with Gasteiger partial charge in [-0.05, 0) is 0 Å². The van der Waals surface area contributed by atoms with Gasteiger partial charge >= 0.3 is 5.97 Å². The fourth-order valence-electron chi connectivity index (χ4n) is 0.552. The van der Waals surface area contributed by atoms with E-state index >= 15 is 0 Å². The lowest BCUT2D eigenvalue weighted by Crippen LogP contribution is -2.55. The Bertz CT molecular complexity index is 273. The summed E-state index contributed by atoms with van der Waals surface area (Å²) in [6.45, 7) is 0. The highest BCUT2D eigenvalue weighted by Crippen LogP contribution is 1.83. The van der Waals surface area contributed by atoms with Crippen LogP contribution in [-0.2, 0) is 9.59 Å². The van der Waals surface area contributed by atoms with E-state index in [-0.39, 0.29) is 0 Å². The van der Waals surface area contributed by atoms with Crippen LogP contribution in [0.5, 0.6) is 0 Å². The van der Waals surface area contributed by atoms with E-state index in [1.807, 2.05) is 5.43 Å². The van der Waals surface area contributed by atoms with Crippen molar-refractivity contribution in [2.24, 2.45) is 11.5 Å². The second-order valence-electron chi connectivity index (χ2n) is 2.21. The van der Waals surface area contributed by atoms with Crippen molar-refractivity contribution in [2.75, 3.05) is 0 Å². The number of carboxylic acid groups (broad SMARTS) is 1. The molecular weight excluding hydrogens is 192 g/mol. The average Bonchev–Trinajstić information content (AvgIpc) is 1.97. The van der Waals surface area contributed by atoms with Gasteiger partial charge in [-0.25, -0.2) is 0 Å². The van der Waals surface area contributed by atoms with Gasteiger partial charge < -0.3 is 16.6 Å². The number of carbonyl (C=O) groups is 2. The van der Waals surface area contributed by atoms with Crippen LogP contribution >= 0.6 is 0 Å². The number of rotatable bonds is 2. The quantitative estimate of drug-likeness (QED) is 0.126. The van der Waals surface area contributed by atoms with Crippen LogP contribution in [0.3, 0.4) is 0 Å². The minimum Gasteiger partial charge on any atom is -0.481 e. The Hall–Kier alpha value is -2.32. The summed E-state index contributed by atoms with van der Waals surface area (Å²) in [4.78, 5) is 20.9. The Labute approximate surface area is 78.6 Å². The van der Waals surface area contributed by atoms with Gasteiger partial charge in [0.2, 0.25) is 17.8 Å². The lowest BCUT2D eigenvalue weighted by atomic mass is 10.4. The SMILES string of the molecule is N=C(N)N(NC(=O)CC(=O)O)C(=N)N. The number of carboxylic acids is 1. The van der Waals surface area contributed by atoms with Crippen molar-refractivity contribution >= 4 is 23.8 Å². The molecule has 0 saturated carbocycles. The fraction of sp³-hybridized carbons (Fsp3) is 0.200. The van der Waals surface area contributed by atoms with E-state index in [0.29, 0.717) is 5.01 Å². The molecule has 0 spiro atoms. The van der Waals surface area contributed by atoms with Crippen molar-refractivity contribution in [2.45, 2.75) is 6.42 Å². The van der Waals surface area contributed by atoms with Gasteiger partial charge in [0.15, 0.2) is 0 Å². The third kappa shape index (κ3) is 3.90. The molecule has 78 valence electrons. The summed E-state index contributed by atoms with van der Waals surface area (Å²) in [5.74, 6) is -3.63. The number of hydrazine groups is 1. The van der Waals surface area contributed by atoms with E-state index in [1.54, 1.807) is 0 Å². The molecule has 0 aromatic heterocycles. The molecule has 0 unspecified atom stereocenters. The highest BCUT2D eigenvalue weighted by atomic mass is 16.4. The van der Waals surface area contributed by atoms with Crippen LogP contribution in [0, 0.1) is 10.8 Å². The van der Waals surface area contributed by atoms with Crippen LogP contribution < -0.4 is 16.9 Å². The fourth-order valence-corrected chi connectivity index (χ4v) is 0.552. The molecule has 9 heteroatoms. The van der Waals surface area contributed by atoms with Crippen molar-refractivity contribution in [3.05, 3.63) is 0 Å². The molecule has 0 bridgehead atoms. The molecule has 8 N–H and O–H groups in total. The molecule has 0 fully saturated rings. The van der Waals surface area contributed by atoms with Crippen LogP contribution in [0.4, 0.5) is 0 Å². The van der Waals surface area contributed by atoms with Gasteiger partial charge in [0, 0.05) is 0 Å². The van der Waals surface area contributed by atoms with Crippen LogP contribution in [0.25, 0.3) is 0 Å². The van der Waals surface area contributed by atoms with Crippen LogP contribution in [-0.4, -0.2) is 33.9 Å². The number of hydrogen-bond acceptors (Lipinski definition) is 4. The Morgan fingerprint density at radius 2 is 1.71 bits per heavy atom. The van der Waals surface area contributed by atoms with Crippen LogP contribution in [0.15, 0.2) is 0 Å². The number of aliphatic carboxylic acids is 1. The molecule has 0 radical (unpaired) electrons. The maximum atomic E-state index is 10.8. The van der Waals surface area contributed by atoms with Gasteiger partial charge in [0.1, 0.15) is 6.42 Å². The average molecular weight is 202 g/mol. The smallest absolute Gasteiger partial charge is 0.312 e. The number of carbonyl (C=O) groups excluding carboxylic acids is 1. The molecule has 1 amide bonds. The summed E-state index contributed by atoms with van der Waals surface area (Å²) in [5, 5.41) is 22.4. The standard InChI is InChI=1S/C5H10N6O3/c6-4(7)11(5(8)9)10-2(12)1-3(13)14/h1H2,(H3,6,7)(H3,8,9)(H,10,12)(H,13,14). The molecule has 0 rings (SSSR count). The van der Waals surface area contributed by atoms with Crippen molar-refractivity contribution in [3.63, 3.8) is 0 Å². The Morgan fingerprint density at radius 1 is 1.29 bits per heavy atom. The summed E-state index contributed by atoms with van der Waals surface area (Å²) in [6.07, 6.45) is -0.795. The summed E-state index contributed by atoms with van der Waals surface area (Å²) >= 11 is 0. The van der Waals surface area contributed by atoms with E-state index in [1.165, 1.54) is 0 Å². The van der Waals surface area contributed by atoms with Gasteiger partial charge in [-0.15, -0.1) is 0 Å². The Kier molecular flexibility index (Phi) is 3.87. The van der Waals surface area contributed by atoms with Gasteiger partial charge in [0.05, 0.1) is 0 Å². The second-order valence-corrected chi connectivity index (χ2v) is 2.21. The first-order chi connectivity index (χ1) is 6.34. The third-order valence-electron chi connectivity index (χ3n) is 1.03. The topological polar surface area (TPSA) is 169 Å². The van der Waals surface area contributed by atoms with Crippen LogP contribution in [0.1, 0.15) is 6.42 Å². The number of nitrogens with one attached hydrogen (secondary N) is 3.